The second-order valence-corrected chi connectivity index (χ2v) is 4.13. The molecule has 0 aliphatic heterocycles. The second-order valence-electron chi connectivity index (χ2n) is 4.13. The highest BCUT2D eigenvalue weighted by molar-refractivity contribution is 5.65. The molecule has 0 radical (unpaired) electrons. The first kappa shape index (κ1) is 15.1. The molecule has 0 spiro atoms. The highest BCUT2D eigenvalue weighted by atomic mass is 19.3. The van der Waals surface area contributed by atoms with E-state index in [-0.39, 0.29) is 5.75 Å². The predicted molar refractivity (Wildman–Crippen MR) is 74.4 cm³/mol. The maximum absolute atomic E-state index is 12.5. The normalized spacial score (nSPS) is 10.7. The number of nitrogens with one attached hydrogen (secondary N) is 1. The van der Waals surface area contributed by atoms with Crippen LogP contribution in [-0.4, -0.2) is 30.7 Å². The molecule has 0 unspecified atom stereocenters. The van der Waals surface area contributed by atoms with E-state index >= 15 is 0 Å². The zero-order chi connectivity index (χ0) is 15.2. The Kier molecular flexibility index (Phi) is 4.99. The fraction of sp³-hybridized carbons (Fsp3) is 0.286. The summed E-state index contributed by atoms with van der Waals surface area (Å²) in [6, 6.07) is 8.12. The van der Waals surface area contributed by atoms with Gasteiger partial charge in [0.05, 0.1) is 17.9 Å². The molecule has 5 nitrogen and oxygen atoms in total. The lowest BCUT2D eigenvalue weighted by atomic mass is 10.2. The van der Waals surface area contributed by atoms with E-state index in [4.69, 9.17) is 4.74 Å². The van der Waals surface area contributed by atoms with E-state index in [9.17, 15) is 8.78 Å². The van der Waals surface area contributed by atoms with Crippen LogP contribution in [-0.2, 0) is 11.3 Å². The monoisotopic (exact) mass is 295 g/mol. The average Bonchev–Trinajstić information content (AvgIpc) is 2.47. The molecule has 0 saturated heterocycles. The van der Waals surface area contributed by atoms with Crippen LogP contribution < -0.4 is 10.1 Å². The first-order chi connectivity index (χ1) is 10.1. The number of aromatic nitrogens is 2. The van der Waals surface area contributed by atoms with Gasteiger partial charge in [-0.1, -0.05) is 12.1 Å². The molecule has 1 aromatic heterocycles. The van der Waals surface area contributed by atoms with Gasteiger partial charge in [-0.2, -0.15) is 8.78 Å². The van der Waals surface area contributed by atoms with Crippen LogP contribution in [0.4, 0.5) is 14.6 Å². The van der Waals surface area contributed by atoms with Gasteiger partial charge in [0.25, 0.3) is 0 Å². The minimum Gasteiger partial charge on any atom is -0.434 e. The van der Waals surface area contributed by atoms with Gasteiger partial charge >= 0.3 is 6.61 Å². The number of anilines is 1. The van der Waals surface area contributed by atoms with Gasteiger partial charge in [-0.05, 0) is 12.1 Å². The molecule has 0 fully saturated rings. The van der Waals surface area contributed by atoms with Crippen molar-refractivity contribution >= 4 is 5.82 Å². The first-order valence-electron chi connectivity index (χ1n) is 6.23. The molecule has 1 aromatic carbocycles. The molecule has 0 aliphatic rings. The Morgan fingerprint density at radius 2 is 2.00 bits per heavy atom. The van der Waals surface area contributed by atoms with E-state index in [1.807, 2.05) is 0 Å². The number of nitrogens with zero attached hydrogens (tertiary/aromatic N) is 2. The Hall–Kier alpha value is -2.28. The summed E-state index contributed by atoms with van der Waals surface area (Å²) in [5, 5.41) is 2.90. The summed E-state index contributed by atoms with van der Waals surface area (Å²) in [7, 11) is 3.26. The van der Waals surface area contributed by atoms with Crippen LogP contribution in [0.2, 0.25) is 0 Å². The maximum atomic E-state index is 12.5. The highest BCUT2D eigenvalue weighted by Gasteiger charge is 2.14. The van der Waals surface area contributed by atoms with Gasteiger partial charge in [0.2, 0.25) is 0 Å². The summed E-state index contributed by atoms with van der Waals surface area (Å²) in [6.45, 7) is -2.61. The summed E-state index contributed by atoms with van der Waals surface area (Å²) in [5.74, 6) is 0.896. The molecule has 0 amide bonds. The molecule has 0 atom stereocenters. The zero-order valence-corrected chi connectivity index (χ0v) is 11.6. The minimum absolute atomic E-state index is 0.0316. The molecule has 7 heteroatoms. The molecular weight excluding hydrogens is 280 g/mol. The largest absolute Gasteiger partial charge is 0.434 e. The number of para-hydroxylation sites is 1. The van der Waals surface area contributed by atoms with Crippen LogP contribution in [0.5, 0.6) is 5.75 Å². The fourth-order valence-electron chi connectivity index (χ4n) is 1.82. The molecule has 21 heavy (non-hydrogen) atoms. The molecule has 1 N–H and O–H groups in total. The first-order valence-corrected chi connectivity index (χ1v) is 6.23. The minimum atomic E-state index is -2.91. The number of alkyl halides is 2. The molecule has 1 heterocycles. The number of benzene rings is 1. The van der Waals surface area contributed by atoms with E-state index < -0.39 is 6.61 Å². The number of hydrogen-bond donors (Lipinski definition) is 1. The van der Waals surface area contributed by atoms with E-state index in [1.54, 1.807) is 38.4 Å². The van der Waals surface area contributed by atoms with Crippen LogP contribution in [0.3, 0.4) is 0 Å². The predicted octanol–water partition coefficient (Wildman–Crippen LogP) is 2.93. The van der Waals surface area contributed by atoms with Crippen molar-refractivity contribution in [2.75, 3.05) is 19.5 Å². The lowest BCUT2D eigenvalue weighted by molar-refractivity contribution is -0.0494. The Labute approximate surface area is 120 Å². The molecule has 0 saturated carbocycles. The van der Waals surface area contributed by atoms with Crippen molar-refractivity contribution in [3.63, 3.8) is 0 Å². The molecule has 0 bridgehead atoms. The Bertz CT molecular complexity index is 609. The van der Waals surface area contributed by atoms with Crippen molar-refractivity contribution in [3.05, 3.63) is 36.0 Å². The van der Waals surface area contributed by atoms with Crippen molar-refractivity contribution in [2.45, 2.75) is 13.2 Å². The van der Waals surface area contributed by atoms with Crippen molar-refractivity contribution in [3.8, 4) is 17.1 Å². The Morgan fingerprint density at radius 1 is 1.24 bits per heavy atom. The summed E-state index contributed by atoms with van der Waals surface area (Å²) < 4.78 is 34.5. The van der Waals surface area contributed by atoms with E-state index in [0.29, 0.717) is 29.5 Å². The SMILES string of the molecule is CNc1cc(COC)nc(-c2ccccc2OC(F)F)n1. The van der Waals surface area contributed by atoms with Gasteiger partial charge in [-0.3, -0.25) is 0 Å². The van der Waals surface area contributed by atoms with Gasteiger partial charge in [-0.15, -0.1) is 0 Å². The van der Waals surface area contributed by atoms with Crippen molar-refractivity contribution in [1.29, 1.82) is 0 Å². The van der Waals surface area contributed by atoms with Crippen LogP contribution in [0, 0.1) is 0 Å². The maximum Gasteiger partial charge on any atom is 0.387 e. The van der Waals surface area contributed by atoms with Crippen LogP contribution in [0.15, 0.2) is 30.3 Å². The zero-order valence-electron chi connectivity index (χ0n) is 11.6. The highest BCUT2D eigenvalue weighted by Crippen LogP contribution is 2.29. The average molecular weight is 295 g/mol. The molecule has 2 aromatic rings. The van der Waals surface area contributed by atoms with Crippen molar-refractivity contribution < 1.29 is 18.3 Å². The van der Waals surface area contributed by atoms with E-state index in [0.717, 1.165) is 0 Å². The van der Waals surface area contributed by atoms with Gasteiger partial charge < -0.3 is 14.8 Å². The Morgan fingerprint density at radius 3 is 2.67 bits per heavy atom. The van der Waals surface area contributed by atoms with Gasteiger partial charge in [0.15, 0.2) is 5.82 Å². The van der Waals surface area contributed by atoms with Gasteiger partial charge in [0.1, 0.15) is 11.6 Å². The smallest absolute Gasteiger partial charge is 0.387 e. The van der Waals surface area contributed by atoms with Crippen LogP contribution in [0.1, 0.15) is 5.69 Å². The molecule has 2 rings (SSSR count). The van der Waals surface area contributed by atoms with E-state index in [2.05, 4.69) is 20.0 Å². The quantitative estimate of drug-likeness (QED) is 0.888. The van der Waals surface area contributed by atoms with Gasteiger partial charge in [-0.25, -0.2) is 9.97 Å². The third-order valence-corrected chi connectivity index (χ3v) is 2.67. The lowest BCUT2D eigenvalue weighted by Crippen LogP contribution is -2.06. The number of ether oxygens (including phenoxy) is 2. The third kappa shape index (κ3) is 3.85. The summed E-state index contributed by atoms with van der Waals surface area (Å²) in [6.07, 6.45) is 0. The number of halogens is 2. The Balaban J connectivity index is 2.47. The topological polar surface area (TPSA) is 56.3 Å². The number of rotatable bonds is 6. The van der Waals surface area contributed by atoms with Crippen molar-refractivity contribution in [1.82, 2.24) is 9.97 Å². The molecule has 112 valence electrons. The summed E-state index contributed by atoms with van der Waals surface area (Å²) in [5.41, 5.74) is 1.03. The second kappa shape index (κ2) is 6.94. The van der Waals surface area contributed by atoms with Crippen molar-refractivity contribution in [2.24, 2.45) is 0 Å². The number of methoxy groups -OCH3 is 1. The van der Waals surface area contributed by atoms with E-state index in [1.165, 1.54) is 6.07 Å². The van der Waals surface area contributed by atoms with Crippen LogP contribution >= 0.6 is 0 Å². The molecule has 0 aliphatic carbocycles. The summed E-state index contributed by atoms with van der Waals surface area (Å²) in [4.78, 5) is 8.58. The fourth-order valence-corrected chi connectivity index (χ4v) is 1.82. The number of hydrogen-bond acceptors (Lipinski definition) is 5. The molecular formula is C14H15F2N3O2. The third-order valence-electron chi connectivity index (χ3n) is 2.67. The van der Waals surface area contributed by atoms with Gasteiger partial charge in [0, 0.05) is 20.2 Å². The van der Waals surface area contributed by atoms with Crippen LogP contribution in [0.25, 0.3) is 11.4 Å². The summed E-state index contributed by atoms with van der Waals surface area (Å²) >= 11 is 0. The standard InChI is InChI=1S/C14H15F2N3O2/c1-17-12-7-9(8-20-2)18-13(19-12)10-5-3-4-6-11(10)21-14(15)16/h3-7,14H,8H2,1-2H3,(H,17,18,19). The lowest BCUT2D eigenvalue weighted by Gasteiger charge is -2.11.